The highest BCUT2D eigenvalue weighted by atomic mass is 19.4. The summed E-state index contributed by atoms with van der Waals surface area (Å²) in [5.41, 5.74) is -0.441. The minimum Gasteiger partial charge on any atom is -0.495 e. The largest absolute Gasteiger partial charge is 0.495 e. The van der Waals surface area contributed by atoms with Crippen LogP contribution in [0.1, 0.15) is 24.8 Å². The lowest BCUT2D eigenvalue weighted by Crippen LogP contribution is -2.55. The molecular weight excluding hydrogens is 400 g/mol. The van der Waals surface area contributed by atoms with Gasteiger partial charge in [0.15, 0.2) is 0 Å². The number of alkyl halides is 3. The van der Waals surface area contributed by atoms with Crippen molar-refractivity contribution in [2.75, 3.05) is 25.1 Å². The van der Waals surface area contributed by atoms with Gasteiger partial charge in [0, 0.05) is 24.1 Å². The van der Waals surface area contributed by atoms with E-state index in [4.69, 9.17) is 4.74 Å². The van der Waals surface area contributed by atoms with Gasteiger partial charge in [0.25, 0.3) is 0 Å². The lowest BCUT2D eigenvalue weighted by Gasteiger charge is -2.44. The standard InChI is InChI=1S/C22H22F4N2O2/c1-30-20-10-16(13-3-2-4-15(9-13)22(24,25)26)17(23)11-19(20)28-18-7-8-27-12-14(18)5-6-21(28)29/h2-4,9-11,14,18,27H,5-8,12H2,1H3/t14-,18-/m1/s1. The fraction of sp³-hybridized carbons (Fsp3) is 0.409. The van der Waals surface area contributed by atoms with Gasteiger partial charge in [-0.15, -0.1) is 0 Å². The Kier molecular flexibility index (Phi) is 5.44. The quantitative estimate of drug-likeness (QED) is 0.734. The van der Waals surface area contributed by atoms with Crippen LogP contribution in [0.25, 0.3) is 11.1 Å². The summed E-state index contributed by atoms with van der Waals surface area (Å²) >= 11 is 0. The van der Waals surface area contributed by atoms with Crippen molar-refractivity contribution < 1.29 is 27.1 Å². The Morgan fingerprint density at radius 1 is 1.17 bits per heavy atom. The number of nitrogens with one attached hydrogen (secondary N) is 1. The molecule has 0 aliphatic carbocycles. The zero-order chi connectivity index (χ0) is 21.5. The maximum atomic E-state index is 15.1. The van der Waals surface area contributed by atoms with Gasteiger partial charge in [-0.2, -0.15) is 13.2 Å². The Hall–Kier alpha value is -2.61. The number of carbonyl (C=O) groups excluding carboxylic acids is 1. The average Bonchev–Trinajstić information content (AvgIpc) is 2.73. The number of piperidine rings is 2. The number of fused-ring (bicyclic) bond motifs is 1. The molecule has 8 heteroatoms. The van der Waals surface area contributed by atoms with Gasteiger partial charge in [-0.1, -0.05) is 12.1 Å². The molecule has 2 aliphatic rings. The predicted molar refractivity (Wildman–Crippen MR) is 105 cm³/mol. The molecule has 2 heterocycles. The number of anilines is 1. The van der Waals surface area contributed by atoms with Crippen LogP contribution in [0.4, 0.5) is 23.2 Å². The molecule has 2 aliphatic heterocycles. The normalized spacial score (nSPS) is 22.0. The summed E-state index contributed by atoms with van der Waals surface area (Å²) in [6, 6.07) is 7.03. The Morgan fingerprint density at radius 2 is 1.97 bits per heavy atom. The van der Waals surface area contributed by atoms with E-state index in [0.29, 0.717) is 12.1 Å². The summed E-state index contributed by atoms with van der Waals surface area (Å²) < 4.78 is 59.8. The molecule has 1 N–H and O–H groups in total. The van der Waals surface area contributed by atoms with E-state index in [2.05, 4.69) is 5.32 Å². The molecule has 0 aromatic heterocycles. The van der Waals surface area contributed by atoms with Crippen LogP contribution >= 0.6 is 0 Å². The topological polar surface area (TPSA) is 41.6 Å². The van der Waals surface area contributed by atoms with Gasteiger partial charge in [-0.05, 0) is 55.6 Å². The number of hydrogen-bond donors (Lipinski definition) is 1. The third kappa shape index (κ3) is 3.76. The van der Waals surface area contributed by atoms with Crippen LogP contribution in [0, 0.1) is 11.7 Å². The molecule has 0 spiro atoms. The zero-order valence-corrected chi connectivity index (χ0v) is 16.4. The molecule has 0 bridgehead atoms. The van der Waals surface area contributed by atoms with E-state index in [-0.39, 0.29) is 34.7 Å². The van der Waals surface area contributed by atoms with Crippen molar-refractivity contribution in [1.29, 1.82) is 0 Å². The van der Waals surface area contributed by atoms with Gasteiger partial charge < -0.3 is 15.0 Å². The highest BCUT2D eigenvalue weighted by Crippen LogP contribution is 2.41. The molecule has 0 saturated carbocycles. The minimum atomic E-state index is -4.53. The Balaban J connectivity index is 1.77. The summed E-state index contributed by atoms with van der Waals surface area (Å²) in [6.07, 6.45) is -2.64. The molecule has 2 aromatic rings. The van der Waals surface area contributed by atoms with E-state index in [0.717, 1.165) is 38.1 Å². The predicted octanol–water partition coefficient (Wildman–Crippen LogP) is 4.63. The fourth-order valence-electron chi connectivity index (χ4n) is 4.45. The summed E-state index contributed by atoms with van der Waals surface area (Å²) in [6.45, 7) is 1.56. The monoisotopic (exact) mass is 422 g/mol. The fourth-order valence-corrected chi connectivity index (χ4v) is 4.45. The van der Waals surface area contributed by atoms with Crippen molar-refractivity contribution in [3.8, 4) is 16.9 Å². The first kappa shape index (κ1) is 20.7. The molecule has 2 saturated heterocycles. The van der Waals surface area contributed by atoms with Crippen LogP contribution in [-0.4, -0.2) is 32.1 Å². The second-order valence-electron chi connectivity index (χ2n) is 7.71. The smallest absolute Gasteiger partial charge is 0.416 e. The van der Waals surface area contributed by atoms with Crippen molar-refractivity contribution in [2.45, 2.75) is 31.5 Å². The van der Waals surface area contributed by atoms with Crippen LogP contribution in [0.15, 0.2) is 36.4 Å². The Labute approximate surface area is 171 Å². The number of hydrogen-bond acceptors (Lipinski definition) is 3. The maximum Gasteiger partial charge on any atom is 0.416 e. The van der Waals surface area contributed by atoms with Crippen LogP contribution in [0.5, 0.6) is 5.75 Å². The number of rotatable bonds is 3. The van der Waals surface area contributed by atoms with Crippen molar-refractivity contribution in [1.82, 2.24) is 5.32 Å². The van der Waals surface area contributed by atoms with Gasteiger partial charge in [0.1, 0.15) is 11.6 Å². The summed E-state index contributed by atoms with van der Waals surface area (Å²) in [5.74, 6) is -0.264. The van der Waals surface area contributed by atoms with Crippen molar-refractivity contribution in [3.05, 3.63) is 47.8 Å². The van der Waals surface area contributed by atoms with Gasteiger partial charge in [0.2, 0.25) is 5.91 Å². The highest BCUT2D eigenvalue weighted by Gasteiger charge is 2.39. The molecule has 160 valence electrons. The van der Waals surface area contributed by atoms with Crippen molar-refractivity contribution in [2.24, 2.45) is 5.92 Å². The average molecular weight is 422 g/mol. The number of ether oxygens (including phenoxy) is 1. The van der Waals surface area contributed by atoms with Crippen molar-refractivity contribution >= 4 is 11.6 Å². The summed E-state index contributed by atoms with van der Waals surface area (Å²) in [5, 5.41) is 3.32. The molecule has 4 nitrogen and oxygen atoms in total. The number of nitrogens with zero attached hydrogens (tertiary/aromatic N) is 1. The zero-order valence-electron chi connectivity index (χ0n) is 16.4. The van der Waals surface area contributed by atoms with E-state index in [9.17, 15) is 18.0 Å². The van der Waals surface area contributed by atoms with E-state index >= 15 is 4.39 Å². The second-order valence-corrected chi connectivity index (χ2v) is 7.71. The van der Waals surface area contributed by atoms with E-state index in [1.807, 2.05) is 0 Å². The van der Waals surface area contributed by atoms with Gasteiger partial charge in [0.05, 0.1) is 18.4 Å². The number of carbonyl (C=O) groups is 1. The Morgan fingerprint density at radius 3 is 2.70 bits per heavy atom. The van der Waals surface area contributed by atoms with Crippen LogP contribution in [0.2, 0.25) is 0 Å². The molecule has 2 fully saturated rings. The first-order valence-electron chi connectivity index (χ1n) is 9.87. The minimum absolute atomic E-state index is 0.00646. The van der Waals surface area contributed by atoms with E-state index in [1.54, 1.807) is 4.90 Å². The van der Waals surface area contributed by atoms with Gasteiger partial charge in [-0.3, -0.25) is 4.79 Å². The van der Waals surface area contributed by atoms with Crippen molar-refractivity contribution in [3.63, 3.8) is 0 Å². The third-order valence-corrected chi connectivity index (χ3v) is 5.93. The number of amides is 1. The number of methoxy groups -OCH3 is 1. The molecule has 30 heavy (non-hydrogen) atoms. The van der Waals surface area contributed by atoms with E-state index < -0.39 is 17.6 Å². The molecule has 2 aromatic carbocycles. The molecule has 2 atom stereocenters. The summed E-state index contributed by atoms with van der Waals surface area (Å²) in [7, 11) is 1.40. The third-order valence-electron chi connectivity index (χ3n) is 5.93. The molecule has 0 radical (unpaired) electrons. The number of halogens is 4. The highest BCUT2D eigenvalue weighted by molar-refractivity contribution is 5.97. The van der Waals surface area contributed by atoms with Crippen LogP contribution in [-0.2, 0) is 11.0 Å². The lowest BCUT2D eigenvalue weighted by atomic mass is 9.84. The van der Waals surface area contributed by atoms with Crippen LogP contribution < -0.4 is 15.0 Å². The van der Waals surface area contributed by atoms with Gasteiger partial charge in [-0.25, -0.2) is 4.39 Å². The SMILES string of the molecule is COc1cc(-c2cccc(C(F)(F)F)c2)c(F)cc1N1C(=O)CC[C@@H]2CNCC[C@H]21. The summed E-state index contributed by atoms with van der Waals surface area (Å²) in [4.78, 5) is 14.4. The molecular formula is C22H22F4N2O2. The van der Waals surface area contributed by atoms with Gasteiger partial charge >= 0.3 is 6.18 Å². The maximum absolute atomic E-state index is 15.1. The first-order chi connectivity index (χ1) is 14.3. The number of benzene rings is 2. The lowest BCUT2D eigenvalue weighted by molar-refractivity contribution is -0.137. The molecule has 0 unspecified atom stereocenters. The van der Waals surface area contributed by atoms with E-state index in [1.165, 1.54) is 31.4 Å². The molecule has 1 amide bonds. The molecule has 4 rings (SSSR count). The second kappa shape index (κ2) is 7.91. The Bertz CT molecular complexity index is 961. The van der Waals surface area contributed by atoms with Crippen LogP contribution in [0.3, 0.4) is 0 Å². The first-order valence-corrected chi connectivity index (χ1v) is 9.87.